The summed E-state index contributed by atoms with van der Waals surface area (Å²) in [4.78, 5) is 19.3. The van der Waals surface area contributed by atoms with E-state index in [2.05, 4.69) is 15.3 Å². The number of aromatic amines is 1. The van der Waals surface area contributed by atoms with Crippen molar-refractivity contribution in [2.75, 3.05) is 0 Å². The summed E-state index contributed by atoms with van der Waals surface area (Å²) >= 11 is 0. The SMILES string of the molecule is CC(C)(C)OC(=O)N[C@H](Cc1ccccc1)c1ncc[nH]1. The number of carbonyl (C=O) groups excluding carboxylic acids is 1. The topological polar surface area (TPSA) is 67.0 Å². The van der Waals surface area contributed by atoms with Crippen LogP contribution in [0.4, 0.5) is 4.79 Å². The van der Waals surface area contributed by atoms with Crippen molar-refractivity contribution in [3.05, 3.63) is 54.1 Å². The molecule has 1 heterocycles. The van der Waals surface area contributed by atoms with Crippen LogP contribution in [0.5, 0.6) is 0 Å². The average molecular weight is 287 g/mol. The highest BCUT2D eigenvalue weighted by Crippen LogP contribution is 2.16. The molecular formula is C16H21N3O2. The standard InChI is InChI=1S/C16H21N3O2/c1-16(2,3)21-15(20)19-13(14-17-9-10-18-14)11-12-7-5-4-6-8-12/h4-10,13H,11H2,1-3H3,(H,17,18)(H,19,20)/t13-/m1/s1. The number of hydrogen-bond acceptors (Lipinski definition) is 3. The number of carbonyl (C=O) groups is 1. The van der Waals surface area contributed by atoms with Gasteiger partial charge in [-0.05, 0) is 26.3 Å². The second-order valence-electron chi connectivity index (χ2n) is 5.86. The Hall–Kier alpha value is -2.30. The van der Waals surface area contributed by atoms with Crippen LogP contribution in [0.25, 0.3) is 0 Å². The fraction of sp³-hybridized carbons (Fsp3) is 0.375. The van der Waals surface area contributed by atoms with Gasteiger partial charge in [-0.1, -0.05) is 30.3 Å². The molecule has 0 unspecified atom stereocenters. The molecule has 1 aromatic carbocycles. The maximum Gasteiger partial charge on any atom is 0.408 e. The number of nitrogens with one attached hydrogen (secondary N) is 2. The smallest absolute Gasteiger partial charge is 0.408 e. The summed E-state index contributed by atoms with van der Waals surface area (Å²) in [6.45, 7) is 5.52. The van der Waals surface area contributed by atoms with E-state index in [-0.39, 0.29) is 6.04 Å². The molecule has 0 spiro atoms. The zero-order valence-corrected chi connectivity index (χ0v) is 12.6. The summed E-state index contributed by atoms with van der Waals surface area (Å²) in [5.74, 6) is 0.713. The van der Waals surface area contributed by atoms with E-state index < -0.39 is 11.7 Å². The number of amides is 1. The Kier molecular flexibility index (Phi) is 4.62. The van der Waals surface area contributed by atoms with Crippen LogP contribution < -0.4 is 5.32 Å². The molecule has 5 heteroatoms. The van der Waals surface area contributed by atoms with Gasteiger partial charge in [-0.15, -0.1) is 0 Å². The summed E-state index contributed by atoms with van der Waals surface area (Å²) in [5.41, 5.74) is 0.597. The summed E-state index contributed by atoms with van der Waals surface area (Å²) in [5, 5.41) is 2.87. The van der Waals surface area contributed by atoms with Crippen molar-refractivity contribution < 1.29 is 9.53 Å². The van der Waals surface area contributed by atoms with Crippen LogP contribution in [-0.4, -0.2) is 21.7 Å². The van der Waals surface area contributed by atoms with Crippen LogP contribution in [0.1, 0.15) is 38.2 Å². The monoisotopic (exact) mass is 287 g/mol. The molecule has 2 rings (SSSR count). The zero-order valence-electron chi connectivity index (χ0n) is 12.6. The van der Waals surface area contributed by atoms with E-state index in [1.807, 2.05) is 51.1 Å². The van der Waals surface area contributed by atoms with Crippen LogP contribution >= 0.6 is 0 Å². The number of aromatic nitrogens is 2. The first-order chi connectivity index (χ1) is 9.94. The highest BCUT2D eigenvalue weighted by molar-refractivity contribution is 5.68. The number of nitrogens with zero attached hydrogens (tertiary/aromatic N) is 1. The predicted molar refractivity (Wildman–Crippen MR) is 80.8 cm³/mol. The van der Waals surface area contributed by atoms with Crippen LogP contribution in [0.3, 0.4) is 0 Å². The first kappa shape index (κ1) is 15.1. The number of imidazole rings is 1. The van der Waals surface area contributed by atoms with Crippen molar-refractivity contribution in [2.24, 2.45) is 0 Å². The van der Waals surface area contributed by atoms with E-state index >= 15 is 0 Å². The van der Waals surface area contributed by atoms with E-state index in [1.54, 1.807) is 12.4 Å². The highest BCUT2D eigenvalue weighted by Gasteiger charge is 2.22. The zero-order chi connectivity index (χ0) is 15.3. The highest BCUT2D eigenvalue weighted by atomic mass is 16.6. The quantitative estimate of drug-likeness (QED) is 0.907. The fourth-order valence-corrected chi connectivity index (χ4v) is 1.98. The molecule has 112 valence electrons. The molecule has 0 aliphatic rings. The molecule has 0 aliphatic heterocycles. The first-order valence-electron chi connectivity index (χ1n) is 6.97. The molecule has 0 saturated heterocycles. The number of ether oxygens (including phenoxy) is 1. The Bertz CT molecular complexity index is 559. The molecule has 0 fully saturated rings. The van der Waals surface area contributed by atoms with E-state index in [9.17, 15) is 4.79 Å². The van der Waals surface area contributed by atoms with E-state index in [0.29, 0.717) is 12.2 Å². The van der Waals surface area contributed by atoms with E-state index in [1.165, 1.54) is 0 Å². The molecule has 0 bridgehead atoms. The lowest BCUT2D eigenvalue weighted by Crippen LogP contribution is -2.36. The van der Waals surface area contributed by atoms with Gasteiger partial charge in [0.2, 0.25) is 0 Å². The van der Waals surface area contributed by atoms with Crippen LogP contribution in [0.2, 0.25) is 0 Å². The Morgan fingerprint density at radius 2 is 2.05 bits per heavy atom. The lowest BCUT2D eigenvalue weighted by molar-refractivity contribution is 0.0501. The molecule has 21 heavy (non-hydrogen) atoms. The number of rotatable bonds is 4. The largest absolute Gasteiger partial charge is 0.444 e. The maximum absolute atomic E-state index is 12.0. The average Bonchev–Trinajstić information content (AvgIpc) is 2.90. The Labute approximate surface area is 124 Å². The lowest BCUT2D eigenvalue weighted by atomic mass is 10.1. The molecule has 1 aromatic heterocycles. The molecular weight excluding hydrogens is 266 g/mol. The van der Waals surface area contributed by atoms with E-state index in [0.717, 1.165) is 5.56 Å². The third kappa shape index (κ3) is 4.95. The summed E-state index contributed by atoms with van der Waals surface area (Å²) in [7, 11) is 0. The van der Waals surface area contributed by atoms with Gasteiger partial charge in [-0.2, -0.15) is 0 Å². The van der Waals surface area contributed by atoms with Crippen LogP contribution in [-0.2, 0) is 11.2 Å². The van der Waals surface area contributed by atoms with E-state index in [4.69, 9.17) is 4.74 Å². The Balaban J connectivity index is 2.08. The minimum absolute atomic E-state index is 0.253. The molecule has 5 nitrogen and oxygen atoms in total. The van der Waals surface area contributed by atoms with Gasteiger partial charge >= 0.3 is 6.09 Å². The molecule has 1 amide bonds. The van der Waals surface area contributed by atoms with Gasteiger partial charge in [-0.25, -0.2) is 9.78 Å². The number of H-pyrrole nitrogens is 1. The van der Waals surface area contributed by atoms with Crippen molar-refractivity contribution >= 4 is 6.09 Å². The second-order valence-corrected chi connectivity index (χ2v) is 5.86. The molecule has 0 radical (unpaired) electrons. The van der Waals surface area contributed by atoms with Crippen molar-refractivity contribution in [3.8, 4) is 0 Å². The van der Waals surface area contributed by atoms with Gasteiger partial charge in [-0.3, -0.25) is 0 Å². The first-order valence-corrected chi connectivity index (χ1v) is 6.97. The number of hydrogen-bond donors (Lipinski definition) is 2. The van der Waals surface area contributed by atoms with Crippen LogP contribution in [0, 0.1) is 0 Å². The number of alkyl carbamates (subject to hydrolysis) is 1. The molecule has 0 saturated carbocycles. The van der Waals surface area contributed by atoms with Crippen molar-refractivity contribution in [1.82, 2.24) is 15.3 Å². The molecule has 2 aromatic rings. The van der Waals surface area contributed by atoms with Gasteiger partial charge in [0.25, 0.3) is 0 Å². The van der Waals surface area contributed by atoms with Crippen molar-refractivity contribution in [1.29, 1.82) is 0 Å². The van der Waals surface area contributed by atoms with Crippen LogP contribution in [0.15, 0.2) is 42.7 Å². The third-order valence-electron chi connectivity index (χ3n) is 2.82. The molecule has 1 atom stereocenters. The van der Waals surface area contributed by atoms with Gasteiger partial charge < -0.3 is 15.0 Å². The maximum atomic E-state index is 12.0. The normalized spacial score (nSPS) is 12.7. The minimum Gasteiger partial charge on any atom is -0.444 e. The Morgan fingerprint density at radius 3 is 2.62 bits per heavy atom. The Morgan fingerprint density at radius 1 is 1.33 bits per heavy atom. The molecule has 0 aliphatic carbocycles. The van der Waals surface area contributed by atoms with Gasteiger partial charge in [0, 0.05) is 18.8 Å². The van der Waals surface area contributed by atoms with Crippen molar-refractivity contribution in [3.63, 3.8) is 0 Å². The fourth-order valence-electron chi connectivity index (χ4n) is 1.98. The summed E-state index contributed by atoms with van der Waals surface area (Å²) in [6.07, 6.45) is 3.61. The molecule has 2 N–H and O–H groups in total. The van der Waals surface area contributed by atoms with Gasteiger partial charge in [0.15, 0.2) is 0 Å². The third-order valence-corrected chi connectivity index (χ3v) is 2.82. The minimum atomic E-state index is -0.523. The summed E-state index contributed by atoms with van der Waals surface area (Å²) in [6, 6.07) is 9.70. The van der Waals surface area contributed by atoms with Crippen molar-refractivity contribution in [2.45, 2.75) is 38.8 Å². The van der Waals surface area contributed by atoms with Gasteiger partial charge in [0.1, 0.15) is 11.4 Å². The predicted octanol–water partition coefficient (Wildman–Crippen LogP) is 3.22. The lowest BCUT2D eigenvalue weighted by Gasteiger charge is -2.23. The second kappa shape index (κ2) is 6.43. The van der Waals surface area contributed by atoms with Gasteiger partial charge in [0.05, 0.1) is 6.04 Å². The number of benzene rings is 1. The summed E-state index contributed by atoms with van der Waals surface area (Å²) < 4.78 is 5.31.